The summed E-state index contributed by atoms with van der Waals surface area (Å²) in [7, 11) is 4.66. The van der Waals surface area contributed by atoms with Crippen LogP contribution in [0.4, 0.5) is 0 Å². The molecule has 0 aromatic carbocycles. The third-order valence-corrected chi connectivity index (χ3v) is 3.81. The van der Waals surface area contributed by atoms with Crippen LogP contribution in [0, 0.1) is 5.92 Å². The zero-order valence-corrected chi connectivity index (χ0v) is 8.86. The highest BCUT2D eigenvalue weighted by atomic mass is 31.0. The van der Waals surface area contributed by atoms with Gasteiger partial charge in [0, 0.05) is 15.5 Å². The molecule has 1 aliphatic heterocycles. The van der Waals surface area contributed by atoms with Crippen LogP contribution >= 0.6 is 9.47 Å². The lowest BCUT2D eigenvalue weighted by Crippen LogP contribution is -2.43. The molecule has 0 amide bonds. The summed E-state index contributed by atoms with van der Waals surface area (Å²) in [5.74, 6) is 0.911. The Bertz CT molecular complexity index is 163. The van der Waals surface area contributed by atoms with E-state index in [1.807, 2.05) is 0 Å². The van der Waals surface area contributed by atoms with Crippen LogP contribution in [0.2, 0.25) is 0 Å². The number of likely N-dealkylation sites (N-methyl/N-ethyl adjacent to an activating group) is 1. The molecule has 0 aromatic rings. The van der Waals surface area contributed by atoms with Crippen LogP contribution in [-0.4, -0.2) is 30.6 Å². The molecule has 1 heterocycles. The molecular formula is C9H18NOP. The highest BCUT2D eigenvalue weighted by Crippen LogP contribution is 2.37. The van der Waals surface area contributed by atoms with Crippen molar-refractivity contribution < 1.29 is 4.52 Å². The van der Waals surface area contributed by atoms with E-state index in [0.29, 0.717) is 12.1 Å². The molecule has 4 unspecified atom stereocenters. The maximum Gasteiger partial charge on any atom is 0.0768 e. The summed E-state index contributed by atoms with van der Waals surface area (Å²) in [6.45, 7) is 1.26. The predicted octanol–water partition coefficient (Wildman–Crippen LogP) is 1.67. The van der Waals surface area contributed by atoms with Crippen molar-refractivity contribution in [2.24, 2.45) is 5.92 Å². The Kier molecular flexibility index (Phi) is 2.69. The van der Waals surface area contributed by atoms with Crippen molar-refractivity contribution in [3.8, 4) is 0 Å². The highest BCUT2D eigenvalue weighted by molar-refractivity contribution is 7.09. The second-order valence-electron chi connectivity index (χ2n) is 4.13. The molecule has 2 aliphatic rings. The quantitative estimate of drug-likeness (QED) is 0.579. The number of fused-ring (bicyclic) bond motifs is 1. The number of hydrogen-bond donors (Lipinski definition) is 0. The maximum atomic E-state index is 5.45. The van der Waals surface area contributed by atoms with Crippen LogP contribution in [0.5, 0.6) is 0 Å². The van der Waals surface area contributed by atoms with Gasteiger partial charge in [0.15, 0.2) is 0 Å². The van der Waals surface area contributed by atoms with Crippen LogP contribution in [0.15, 0.2) is 0 Å². The lowest BCUT2D eigenvalue weighted by Gasteiger charge is -2.35. The van der Waals surface area contributed by atoms with E-state index in [1.54, 1.807) is 0 Å². The van der Waals surface area contributed by atoms with Gasteiger partial charge in [0.1, 0.15) is 0 Å². The average Bonchev–Trinajstić information content (AvgIpc) is 2.48. The third kappa shape index (κ3) is 1.41. The molecule has 12 heavy (non-hydrogen) atoms. The zero-order valence-electron chi connectivity index (χ0n) is 7.70. The average molecular weight is 187 g/mol. The van der Waals surface area contributed by atoms with Crippen molar-refractivity contribution in [1.29, 1.82) is 0 Å². The van der Waals surface area contributed by atoms with E-state index < -0.39 is 0 Å². The van der Waals surface area contributed by atoms with E-state index in [-0.39, 0.29) is 0 Å². The summed E-state index contributed by atoms with van der Waals surface area (Å²) in [5.41, 5.74) is 0. The van der Waals surface area contributed by atoms with Gasteiger partial charge >= 0.3 is 0 Å². The molecule has 2 rings (SSSR count). The molecule has 4 atom stereocenters. The van der Waals surface area contributed by atoms with E-state index in [4.69, 9.17) is 4.52 Å². The zero-order chi connectivity index (χ0) is 8.55. The van der Waals surface area contributed by atoms with E-state index in [2.05, 4.69) is 21.4 Å². The maximum absolute atomic E-state index is 5.45. The Balaban J connectivity index is 2.07. The van der Waals surface area contributed by atoms with Gasteiger partial charge in [-0.3, -0.25) is 0 Å². The van der Waals surface area contributed by atoms with Crippen LogP contribution in [0.3, 0.4) is 0 Å². The second kappa shape index (κ2) is 3.61. The third-order valence-electron chi connectivity index (χ3n) is 3.46. The standard InChI is InChI=1S/C9H18NOP/c1-10-6-5-7-3-2-4-8(11-12)9(7)10/h7-9H,2-6,12H2,1H3. The van der Waals surface area contributed by atoms with Gasteiger partial charge in [-0.25, -0.2) is 0 Å². The highest BCUT2D eigenvalue weighted by Gasteiger charge is 2.39. The Morgan fingerprint density at radius 2 is 2.17 bits per heavy atom. The minimum absolute atomic E-state index is 0.473. The summed E-state index contributed by atoms with van der Waals surface area (Å²) < 4.78 is 5.45. The first kappa shape index (κ1) is 8.93. The largest absolute Gasteiger partial charge is 0.361 e. The van der Waals surface area contributed by atoms with E-state index in [9.17, 15) is 0 Å². The summed E-state index contributed by atoms with van der Waals surface area (Å²) in [6, 6.07) is 0.705. The first-order chi connectivity index (χ1) is 5.83. The molecule has 1 saturated heterocycles. The van der Waals surface area contributed by atoms with E-state index in [0.717, 1.165) is 5.92 Å². The molecule has 2 nitrogen and oxygen atoms in total. The molecule has 0 radical (unpaired) electrons. The molecule has 0 bridgehead atoms. The molecule has 0 N–H and O–H groups in total. The molecule has 0 spiro atoms. The number of rotatable bonds is 1. The summed E-state index contributed by atoms with van der Waals surface area (Å²) in [5, 5.41) is 0. The van der Waals surface area contributed by atoms with E-state index in [1.165, 1.54) is 32.2 Å². The first-order valence-corrected chi connectivity index (χ1v) is 5.36. The van der Waals surface area contributed by atoms with Gasteiger partial charge in [-0.1, -0.05) is 6.42 Å². The Labute approximate surface area is 76.9 Å². The van der Waals surface area contributed by atoms with Gasteiger partial charge in [0.25, 0.3) is 0 Å². The number of nitrogens with zero attached hydrogens (tertiary/aromatic N) is 1. The fraction of sp³-hybridized carbons (Fsp3) is 1.00. The summed E-state index contributed by atoms with van der Waals surface area (Å²) in [6.07, 6.45) is 5.87. The fourth-order valence-electron chi connectivity index (χ4n) is 2.85. The lowest BCUT2D eigenvalue weighted by atomic mass is 9.83. The predicted molar refractivity (Wildman–Crippen MR) is 53.0 cm³/mol. The van der Waals surface area contributed by atoms with Gasteiger partial charge in [-0.15, -0.1) is 0 Å². The molecule has 70 valence electrons. The molecule has 1 aliphatic carbocycles. The van der Waals surface area contributed by atoms with Crippen LogP contribution < -0.4 is 0 Å². The van der Waals surface area contributed by atoms with Crippen molar-refractivity contribution in [3.63, 3.8) is 0 Å². The van der Waals surface area contributed by atoms with Gasteiger partial charge in [0.2, 0.25) is 0 Å². The fourth-order valence-corrected chi connectivity index (χ4v) is 3.15. The van der Waals surface area contributed by atoms with Crippen molar-refractivity contribution in [3.05, 3.63) is 0 Å². The smallest absolute Gasteiger partial charge is 0.0768 e. The van der Waals surface area contributed by atoms with Crippen molar-refractivity contribution >= 4 is 9.47 Å². The Morgan fingerprint density at radius 3 is 2.92 bits per heavy atom. The molecule has 0 aromatic heterocycles. The normalized spacial score (nSPS) is 43.0. The van der Waals surface area contributed by atoms with Crippen LogP contribution in [0.1, 0.15) is 25.7 Å². The molecule has 2 fully saturated rings. The summed E-state index contributed by atoms with van der Waals surface area (Å²) in [4.78, 5) is 2.47. The van der Waals surface area contributed by atoms with Gasteiger partial charge < -0.3 is 9.42 Å². The van der Waals surface area contributed by atoms with Gasteiger partial charge in [-0.2, -0.15) is 0 Å². The second-order valence-corrected chi connectivity index (χ2v) is 4.40. The lowest BCUT2D eigenvalue weighted by molar-refractivity contribution is 0.0665. The van der Waals surface area contributed by atoms with Crippen molar-refractivity contribution in [2.45, 2.75) is 37.8 Å². The number of hydrogen-bond acceptors (Lipinski definition) is 2. The molecule has 1 saturated carbocycles. The molecular weight excluding hydrogens is 169 g/mol. The first-order valence-electron chi connectivity index (χ1n) is 4.88. The van der Waals surface area contributed by atoms with Gasteiger partial charge in [-0.05, 0) is 38.8 Å². The molecule has 3 heteroatoms. The SMILES string of the molecule is CN1CCC2CCCC(OP)C21. The van der Waals surface area contributed by atoms with Gasteiger partial charge in [0.05, 0.1) is 6.10 Å². The number of likely N-dealkylation sites (tertiary alicyclic amines) is 1. The van der Waals surface area contributed by atoms with Crippen LogP contribution in [-0.2, 0) is 4.52 Å². The Hall–Kier alpha value is 0.350. The van der Waals surface area contributed by atoms with Crippen molar-refractivity contribution in [2.75, 3.05) is 13.6 Å². The van der Waals surface area contributed by atoms with E-state index >= 15 is 0 Å². The summed E-state index contributed by atoms with van der Waals surface area (Å²) >= 11 is 0. The Morgan fingerprint density at radius 1 is 1.33 bits per heavy atom. The van der Waals surface area contributed by atoms with Crippen LogP contribution in [0.25, 0.3) is 0 Å². The minimum atomic E-state index is 0.473. The monoisotopic (exact) mass is 187 g/mol. The minimum Gasteiger partial charge on any atom is -0.361 e. The topological polar surface area (TPSA) is 12.5 Å². The van der Waals surface area contributed by atoms with Crippen molar-refractivity contribution in [1.82, 2.24) is 4.90 Å².